The van der Waals surface area contributed by atoms with Crippen molar-refractivity contribution in [2.45, 2.75) is 6.42 Å². The van der Waals surface area contributed by atoms with Gasteiger partial charge in [-0.05, 0) is 24.1 Å². The van der Waals surface area contributed by atoms with Crippen LogP contribution >= 0.6 is 15.9 Å². The minimum atomic E-state index is -0.181. The van der Waals surface area contributed by atoms with Crippen LogP contribution in [0.1, 0.15) is 5.56 Å². The zero-order valence-electron chi connectivity index (χ0n) is 5.98. The van der Waals surface area contributed by atoms with Crippen molar-refractivity contribution in [3.63, 3.8) is 0 Å². The minimum absolute atomic E-state index is 0.181. The Labute approximate surface area is 73.9 Å². The first-order chi connectivity index (χ1) is 5.24. The molecule has 11 heavy (non-hydrogen) atoms. The van der Waals surface area contributed by atoms with Gasteiger partial charge in [-0.25, -0.2) is 4.39 Å². The molecule has 1 rings (SSSR count). The number of halogens is 2. The van der Waals surface area contributed by atoms with Crippen LogP contribution in [0.3, 0.4) is 0 Å². The van der Waals surface area contributed by atoms with Crippen molar-refractivity contribution in [3.05, 3.63) is 46.7 Å². The van der Waals surface area contributed by atoms with Crippen molar-refractivity contribution < 1.29 is 4.39 Å². The molecular formula is C9H8BrF. The maximum absolute atomic E-state index is 13.0. The summed E-state index contributed by atoms with van der Waals surface area (Å²) in [6.07, 6.45) is 2.27. The smallest absolute Gasteiger partial charge is 0.127 e. The van der Waals surface area contributed by atoms with Gasteiger partial charge < -0.3 is 0 Å². The number of allylic oxidation sites excluding steroid dienone is 1. The lowest BCUT2D eigenvalue weighted by molar-refractivity contribution is 0.614. The van der Waals surface area contributed by atoms with Crippen LogP contribution in [0.4, 0.5) is 4.39 Å². The Bertz CT molecular complexity index is 268. The predicted molar refractivity (Wildman–Crippen MR) is 48.0 cm³/mol. The molecule has 0 saturated carbocycles. The molecular weight excluding hydrogens is 207 g/mol. The minimum Gasteiger partial charge on any atom is -0.207 e. The Balaban J connectivity index is 2.98. The highest BCUT2D eigenvalue weighted by atomic mass is 79.9. The second kappa shape index (κ2) is 3.67. The molecule has 0 unspecified atom stereocenters. The van der Waals surface area contributed by atoms with Gasteiger partial charge in [0, 0.05) is 4.47 Å². The summed E-state index contributed by atoms with van der Waals surface area (Å²) >= 11 is 3.18. The summed E-state index contributed by atoms with van der Waals surface area (Å²) in [4.78, 5) is 0. The van der Waals surface area contributed by atoms with Crippen LogP contribution in [0, 0.1) is 5.82 Å². The third-order valence-electron chi connectivity index (χ3n) is 1.38. The van der Waals surface area contributed by atoms with E-state index in [1.165, 1.54) is 6.07 Å². The number of hydrogen-bond donors (Lipinski definition) is 0. The van der Waals surface area contributed by atoms with Crippen LogP contribution in [-0.4, -0.2) is 0 Å². The van der Waals surface area contributed by atoms with E-state index in [0.29, 0.717) is 12.0 Å². The van der Waals surface area contributed by atoms with Crippen molar-refractivity contribution in [1.29, 1.82) is 0 Å². The zero-order chi connectivity index (χ0) is 8.27. The molecule has 0 fully saturated rings. The Morgan fingerprint density at radius 1 is 1.55 bits per heavy atom. The van der Waals surface area contributed by atoms with E-state index >= 15 is 0 Å². The molecule has 0 spiro atoms. The lowest BCUT2D eigenvalue weighted by Gasteiger charge is -1.98. The highest BCUT2D eigenvalue weighted by Crippen LogP contribution is 2.15. The van der Waals surface area contributed by atoms with Gasteiger partial charge in [0.1, 0.15) is 5.82 Å². The number of benzene rings is 1. The Kier molecular flexibility index (Phi) is 2.83. The van der Waals surface area contributed by atoms with Crippen molar-refractivity contribution in [2.75, 3.05) is 0 Å². The molecule has 1 aromatic rings. The SMILES string of the molecule is C=CCc1ccc(Br)cc1F. The third-order valence-corrected chi connectivity index (χ3v) is 1.87. The summed E-state index contributed by atoms with van der Waals surface area (Å²) in [5, 5.41) is 0. The molecule has 2 heteroatoms. The average molecular weight is 215 g/mol. The third kappa shape index (κ3) is 2.15. The Morgan fingerprint density at radius 3 is 2.82 bits per heavy atom. The molecule has 0 bridgehead atoms. The van der Waals surface area contributed by atoms with Gasteiger partial charge in [-0.3, -0.25) is 0 Å². The summed E-state index contributed by atoms with van der Waals surface area (Å²) in [6, 6.07) is 5.03. The maximum Gasteiger partial charge on any atom is 0.127 e. The van der Waals surface area contributed by atoms with E-state index in [1.54, 1.807) is 12.1 Å². The monoisotopic (exact) mass is 214 g/mol. The van der Waals surface area contributed by atoms with E-state index in [9.17, 15) is 4.39 Å². The van der Waals surface area contributed by atoms with Crippen LogP contribution in [0.5, 0.6) is 0 Å². The van der Waals surface area contributed by atoms with Gasteiger partial charge in [0.25, 0.3) is 0 Å². The summed E-state index contributed by atoms with van der Waals surface area (Å²) in [7, 11) is 0. The fraction of sp³-hybridized carbons (Fsp3) is 0.111. The average Bonchev–Trinajstić information content (AvgIpc) is 1.95. The number of hydrogen-bond acceptors (Lipinski definition) is 0. The molecule has 1 aromatic carbocycles. The number of rotatable bonds is 2. The quantitative estimate of drug-likeness (QED) is 0.664. The zero-order valence-corrected chi connectivity index (χ0v) is 7.57. The van der Waals surface area contributed by atoms with E-state index in [4.69, 9.17) is 0 Å². The molecule has 0 aliphatic rings. The molecule has 0 N–H and O–H groups in total. The van der Waals surface area contributed by atoms with Gasteiger partial charge in [-0.15, -0.1) is 6.58 Å². The van der Waals surface area contributed by atoms with Crippen LogP contribution in [0.2, 0.25) is 0 Å². The molecule has 0 aromatic heterocycles. The first-order valence-corrected chi connectivity index (χ1v) is 4.08. The van der Waals surface area contributed by atoms with E-state index in [1.807, 2.05) is 6.07 Å². The highest BCUT2D eigenvalue weighted by molar-refractivity contribution is 9.10. The van der Waals surface area contributed by atoms with Gasteiger partial charge in [0.05, 0.1) is 0 Å². The van der Waals surface area contributed by atoms with Gasteiger partial charge in [-0.1, -0.05) is 28.1 Å². The maximum atomic E-state index is 13.0. The molecule has 0 radical (unpaired) electrons. The predicted octanol–water partition coefficient (Wildman–Crippen LogP) is 3.32. The van der Waals surface area contributed by atoms with Crippen molar-refractivity contribution >= 4 is 15.9 Å². The molecule has 0 saturated heterocycles. The van der Waals surface area contributed by atoms with E-state index in [2.05, 4.69) is 22.5 Å². The largest absolute Gasteiger partial charge is 0.207 e. The molecule has 0 atom stereocenters. The lowest BCUT2D eigenvalue weighted by Crippen LogP contribution is -1.86. The summed E-state index contributed by atoms with van der Waals surface area (Å²) in [5.41, 5.74) is 0.684. The van der Waals surface area contributed by atoms with Crippen molar-refractivity contribution in [3.8, 4) is 0 Å². The highest BCUT2D eigenvalue weighted by Gasteiger charge is 1.99. The fourth-order valence-electron chi connectivity index (χ4n) is 0.843. The second-order valence-electron chi connectivity index (χ2n) is 2.23. The Morgan fingerprint density at radius 2 is 2.27 bits per heavy atom. The molecule has 0 heterocycles. The van der Waals surface area contributed by atoms with E-state index < -0.39 is 0 Å². The van der Waals surface area contributed by atoms with Crippen molar-refractivity contribution in [2.24, 2.45) is 0 Å². The summed E-state index contributed by atoms with van der Waals surface area (Å²) < 4.78 is 13.7. The first kappa shape index (κ1) is 8.47. The van der Waals surface area contributed by atoms with Crippen LogP contribution in [0.15, 0.2) is 35.3 Å². The molecule has 58 valence electrons. The normalized spacial score (nSPS) is 9.64. The topological polar surface area (TPSA) is 0 Å². The van der Waals surface area contributed by atoms with Crippen LogP contribution in [0.25, 0.3) is 0 Å². The molecule has 0 amide bonds. The van der Waals surface area contributed by atoms with E-state index in [0.717, 1.165) is 4.47 Å². The molecule has 0 aliphatic carbocycles. The van der Waals surface area contributed by atoms with Crippen LogP contribution in [-0.2, 0) is 6.42 Å². The standard InChI is InChI=1S/C9H8BrF/c1-2-3-7-4-5-8(10)6-9(7)11/h2,4-6H,1,3H2. The second-order valence-corrected chi connectivity index (χ2v) is 3.14. The lowest BCUT2D eigenvalue weighted by atomic mass is 10.1. The summed E-state index contributed by atoms with van der Waals surface area (Å²) in [5.74, 6) is -0.181. The Hall–Kier alpha value is -0.630. The van der Waals surface area contributed by atoms with Gasteiger partial charge in [-0.2, -0.15) is 0 Å². The molecule has 0 nitrogen and oxygen atoms in total. The van der Waals surface area contributed by atoms with Gasteiger partial charge in [0.15, 0.2) is 0 Å². The van der Waals surface area contributed by atoms with Gasteiger partial charge >= 0.3 is 0 Å². The van der Waals surface area contributed by atoms with E-state index in [-0.39, 0.29) is 5.82 Å². The first-order valence-electron chi connectivity index (χ1n) is 3.29. The fourth-order valence-corrected chi connectivity index (χ4v) is 1.18. The summed E-state index contributed by atoms with van der Waals surface area (Å²) in [6.45, 7) is 3.54. The van der Waals surface area contributed by atoms with Crippen molar-refractivity contribution in [1.82, 2.24) is 0 Å². The molecule has 0 aliphatic heterocycles. The van der Waals surface area contributed by atoms with Crippen LogP contribution < -0.4 is 0 Å². The van der Waals surface area contributed by atoms with Gasteiger partial charge in [0.2, 0.25) is 0 Å².